The molecule has 2 aliphatic rings. The first-order valence-corrected chi connectivity index (χ1v) is 9.35. The number of alkyl halides is 1. The van der Waals surface area contributed by atoms with Crippen LogP contribution in [0.5, 0.6) is 11.5 Å². The highest BCUT2D eigenvalue weighted by Crippen LogP contribution is 2.35. The van der Waals surface area contributed by atoms with Gasteiger partial charge in [-0.2, -0.15) is 0 Å². The number of allylic oxidation sites excluding steroid dienone is 2. The van der Waals surface area contributed by atoms with E-state index in [-0.39, 0.29) is 13.2 Å². The van der Waals surface area contributed by atoms with E-state index < -0.39 is 17.9 Å². The van der Waals surface area contributed by atoms with Crippen LogP contribution in [-0.2, 0) is 4.79 Å². The first-order chi connectivity index (χ1) is 14.6. The minimum atomic E-state index is -1.67. The molecule has 1 aliphatic heterocycles. The standard InChI is InChI=1S/C22H19FN2O5/c23-17-9-10-19-16(21(17)26)13-25(18-3-1-2-4-20(18)30-19)11-12-29-15-7-5-14(6-8-15)22(27)24-28/h1-10,17,28H,11-13H2,(H,24,27). The number of hydrogen-bond donors (Lipinski definition) is 2. The second-order valence-corrected chi connectivity index (χ2v) is 6.77. The third-order valence-corrected chi connectivity index (χ3v) is 4.88. The Morgan fingerprint density at radius 1 is 1.23 bits per heavy atom. The molecule has 1 atom stereocenters. The van der Waals surface area contributed by atoms with Gasteiger partial charge in [0, 0.05) is 5.56 Å². The summed E-state index contributed by atoms with van der Waals surface area (Å²) in [5, 5.41) is 8.66. The summed E-state index contributed by atoms with van der Waals surface area (Å²) in [5.41, 5.74) is 2.94. The molecule has 0 fully saturated rings. The van der Waals surface area contributed by atoms with Gasteiger partial charge in [0.25, 0.3) is 5.91 Å². The quantitative estimate of drug-likeness (QED) is 0.582. The maximum atomic E-state index is 13.9. The lowest BCUT2D eigenvalue weighted by molar-refractivity contribution is -0.119. The lowest BCUT2D eigenvalue weighted by Gasteiger charge is -2.25. The second kappa shape index (κ2) is 8.38. The maximum Gasteiger partial charge on any atom is 0.274 e. The van der Waals surface area contributed by atoms with Crippen LogP contribution < -0.4 is 19.9 Å². The van der Waals surface area contributed by atoms with Crippen LogP contribution in [0.3, 0.4) is 0 Å². The van der Waals surface area contributed by atoms with Gasteiger partial charge in [0.15, 0.2) is 11.9 Å². The number of ether oxygens (including phenoxy) is 2. The maximum absolute atomic E-state index is 13.9. The number of fused-ring (bicyclic) bond motifs is 1. The van der Waals surface area contributed by atoms with Crippen molar-refractivity contribution in [2.24, 2.45) is 0 Å². The zero-order valence-corrected chi connectivity index (χ0v) is 15.9. The molecule has 0 radical (unpaired) electrons. The zero-order valence-electron chi connectivity index (χ0n) is 15.9. The van der Waals surface area contributed by atoms with Crippen LogP contribution in [0.1, 0.15) is 10.4 Å². The van der Waals surface area contributed by atoms with Gasteiger partial charge in [-0.15, -0.1) is 0 Å². The first kappa shape index (κ1) is 19.7. The molecule has 2 N–H and O–H groups in total. The molecule has 1 amide bonds. The highest BCUT2D eigenvalue weighted by molar-refractivity contribution is 6.03. The summed E-state index contributed by atoms with van der Waals surface area (Å²) in [6, 6.07) is 13.7. The number of nitrogens with one attached hydrogen (secondary N) is 1. The van der Waals surface area contributed by atoms with E-state index in [1.807, 2.05) is 23.1 Å². The lowest BCUT2D eigenvalue weighted by atomic mass is 10.00. The Hall–Kier alpha value is -3.65. The van der Waals surface area contributed by atoms with E-state index in [0.717, 1.165) is 5.69 Å². The number of rotatable bonds is 5. The Labute approximate surface area is 172 Å². The normalized spacial score (nSPS) is 17.6. The number of para-hydroxylation sites is 2. The number of ketones is 1. The van der Waals surface area contributed by atoms with E-state index in [0.29, 0.717) is 34.9 Å². The van der Waals surface area contributed by atoms with E-state index in [2.05, 4.69) is 0 Å². The molecular formula is C22H19FN2O5. The molecule has 0 aromatic heterocycles. The molecule has 0 saturated carbocycles. The van der Waals surface area contributed by atoms with Crippen molar-refractivity contribution < 1.29 is 28.7 Å². The van der Waals surface area contributed by atoms with Gasteiger partial charge >= 0.3 is 0 Å². The van der Waals surface area contributed by atoms with E-state index in [9.17, 15) is 14.0 Å². The minimum absolute atomic E-state index is 0.203. The molecular weight excluding hydrogens is 391 g/mol. The van der Waals surface area contributed by atoms with Crippen LogP contribution in [0.15, 0.2) is 72.0 Å². The molecule has 0 spiro atoms. The average Bonchev–Trinajstić information content (AvgIpc) is 2.93. The van der Waals surface area contributed by atoms with Gasteiger partial charge in [0.05, 0.1) is 24.4 Å². The summed E-state index contributed by atoms with van der Waals surface area (Å²) in [6.45, 7) is 0.907. The van der Waals surface area contributed by atoms with E-state index in [4.69, 9.17) is 14.7 Å². The molecule has 154 valence electrons. The van der Waals surface area contributed by atoms with Crippen LogP contribution in [0.4, 0.5) is 10.1 Å². The van der Waals surface area contributed by atoms with Crippen molar-refractivity contribution in [3.05, 3.63) is 77.6 Å². The van der Waals surface area contributed by atoms with Crippen molar-refractivity contribution in [1.82, 2.24) is 5.48 Å². The molecule has 7 nitrogen and oxygen atoms in total. The van der Waals surface area contributed by atoms with Gasteiger partial charge in [0.2, 0.25) is 5.78 Å². The number of hydroxylamine groups is 1. The molecule has 0 saturated heterocycles. The van der Waals surface area contributed by atoms with Crippen LogP contribution in [-0.4, -0.2) is 42.8 Å². The molecule has 8 heteroatoms. The number of nitrogens with zero attached hydrogens (tertiary/aromatic N) is 1. The highest BCUT2D eigenvalue weighted by atomic mass is 19.1. The summed E-state index contributed by atoms with van der Waals surface area (Å²) in [5.74, 6) is 0.288. The minimum Gasteiger partial charge on any atom is -0.492 e. The molecule has 2 aromatic rings. The van der Waals surface area contributed by atoms with E-state index >= 15 is 0 Å². The van der Waals surface area contributed by atoms with E-state index in [1.165, 1.54) is 24.3 Å². The van der Waals surface area contributed by atoms with Gasteiger partial charge in [-0.05, 0) is 48.6 Å². The Balaban J connectivity index is 1.49. The topological polar surface area (TPSA) is 88.1 Å². The number of benzene rings is 2. The van der Waals surface area contributed by atoms with Crippen molar-refractivity contribution in [2.45, 2.75) is 6.17 Å². The summed E-state index contributed by atoms with van der Waals surface area (Å²) in [6.07, 6.45) is 1.03. The van der Waals surface area contributed by atoms with Crippen molar-refractivity contribution in [1.29, 1.82) is 0 Å². The summed E-state index contributed by atoms with van der Waals surface area (Å²) in [7, 11) is 0. The number of anilines is 1. The monoisotopic (exact) mass is 410 g/mol. The molecule has 30 heavy (non-hydrogen) atoms. The number of amides is 1. The fourth-order valence-electron chi connectivity index (χ4n) is 3.34. The van der Waals surface area contributed by atoms with Crippen LogP contribution in [0.2, 0.25) is 0 Å². The Bertz CT molecular complexity index is 1030. The van der Waals surface area contributed by atoms with Crippen molar-refractivity contribution >= 4 is 17.4 Å². The molecule has 1 heterocycles. The summed E-state index contributed by atoms with van der Waals surface area (Å²) in [4.78, 5) is 25.6. The molecule has 4 rings (SSSR count). The van der Waals surface area contributed by atoms with Crippen molar-refractivity contribution in [2.75, 3.05) is 24.6 Å². The average molecular weight is 410 g/mol. The van der Waals surface area contributed by atoms with Crippen LogP contribution in [0, 0.1) is 0 Å². The third-order valence-electron chi connectivity index (χ3n) is 4.88. The van der Waals surface area contributed by atoms with Crippen LogP contribution >= 0.6 is 0 Å². The SMILES string of the molecule is O=C(NO)c1ccc(OCCN2CC3=C(C=CC(F)C3=O)Oc3ccccc32)cc1. The highest BCUT2D eigenvalue weighted by Gasteiger charge is 2.31. The molecule has 2 aromatic carbocycles. The lowest BCUT2D eigenvalue weighted by Crippen LogP contribution is -2.34. The number of halogens is 1. The van der Waals surface area contributed by atoms with Crippen molar-refractivity contribution in [3.8, 4) is 11.5 Å². The van der Waals surface area contributed by atoms with Gasteiger partial charge in [-0.1, -0.05) is 12.1 Å². The largest absolute Gasteiger partial charge is 0.492 e. The number of Topliss-reactive ketones (excluding diaryl/α,β-unsaturated/α-hetero) is 1. The van der Waals surface area contributed by atoms with Crippen molar-refractivity contribution in [3.63, 3.8) is 0 Å². The predicted octanol–water partition coefficient (Wildman–Crippen LogP) is 2.81. The fourth-order valence-corrected chi connectivity index (χ4v) is 3.34. The Kier molecular flexibility index (Phi) is 5.49. The number of carbonyl (C=O) groups is 2. The number of hydrogen-bond acceptors (Lipinski definition) is 6. The molecule has 0 bridgehead atoms. The van der Waals surface area contributed by atoms with E-state index in [1.54, 1.807) is 23.7 Å². The zero-order chi connectivity index (χ0) is 21.1. The molecule has 1 aliphatic carbocycles. The van der Waals surface area contributed by atoms with Gasteiger partial charge in [-0.25, -0.2) is 9.87 Å². The first-order valence-electron chi connectivity index (χ1n) is 9.35. The van der Waals surface area contributed by atoms with Gasteiger partial charge in [0.1, 0.15) is 18.1 Å². The molecule has 1 unspecified atom stereocenters. The second-order valence-electron chi connectivity index (χ2n) is 6.77. The third kappa shape index (κ3) is 3.90. The number of carbonyl (C=O) groups excluding carboxylic acids is 2. The Morgan fingerprint density at radius 3 is 2.77 bits per heavy atom. The smallest absolute Gasteiger partial charge is 0.274 e. The predicted molar refractivity (Wildman–Crippen MR) is 107 cm³/mol. The summed E-state index contributed by atoms with van der Waals surface area (Å²) < 4.78 is 25.5. The van der Waals surface area contributed by atoms with Gasteiger partial charge < -0.3 is 14.4 Å². The Morgan fingerprint density at radius 2 is 2.00 bits per heavy atom. The van der Waals surface area contributed by atoms with Gasteiger partial charge in [-0.3, -0.25) is 14.8 Å². The summed E-state index contributed by atoms with van der Waals surface area (Å²) >= 11 is 0. The van der Waals surface area contributed by atoms with Crippen LogP contribution in [0.25, 0.3) is 0 Å². The fraction of sp³-hybridized carbons (Fsp3) is 0.182.